The van der Waals surface area contributed by atoms with Crippen LogP contribution in [0.15, 0.2) is 16.3 Å². The largest absolute Gasteiger partial charge is 0.480 e. The molecule has 1 atom stereocenters. The molecular weight excluding hydrogens is 364 g/mol. The summed E-state index contributed by atoms with van der Waals surface area (Å²) in [6.45, 7) is 3.02. The van der Waals surface area contributed by atoms with Crippen molar-refractivity contribution in [3.8, 4) is 0 Å². The van der Waals surface area contributed by atoms with Crippen LogP contribution in [-0.2, 0) is 26.0 Å². The third-order valence-electron chi connectivity index (χ3n) is 4.11. The van der Waals surface area contributed by atoms with Crippen LogP contribution < -0.4 is 5.32 Å². The molecule has 0 saturated carbocycles. The lowest BCUT2D eigenvalue weighted by Gasteiger charge is -2.14. The summed E-state index contributed by atoms with van der Waals surface area (Å²) in [5, 5.41) is 11.7. The molecule has 0 radical (unpaired) electrons. The van der Waals surface area contributed by atoms with Crippen molar-refractivity contribution in [2.24, 2.45) is 0 Å². The van der Waals surface area contributed by atoms with E-state index in [-0.39, 0.29) is 10.6 Å². The summed E-state index contributed by atoms with van der Waals surface area (Å²) in [4.78, 5) is 23.9. The average Bonchev–Trinajstić information content (AvgIpc) is 3.22. The van der Waals surface area contributed by atoms with Gasteiger partial charge in [-0.1, -0.05) is 19.8 Å². The topological polar surface area (TPSA) is 104 Å². The van der Waals surface area contributed by atoms with Gasteiger partial charge in [0.05, 0.1) is 6.42 Å². The Hall–Kier alpha value is -1.45. The van der Waals surface area contributed by atoms with E-state index in [4.69, 9.17) is 5.11 Å². The number of nitrogens with one attached hydrogen (secondary N) is 1. The van der Waals surface area contributed by atoms with Crippen molar-refractivity contribution in [1.82, 2.24) is 9.62 Å². The number of amides is 1. The van der Waals surface area contributed by atoms with E-state index in [2.05, 4.69) is 5.32 Å². The second kappa shape index (κ2) is 8.77. The minimum absolute atomic E-state index is 0.0178. The smallest absolute Gasteiger partial charge is 0.326 e. The van der Waals surface area contributed by atoms with Crippen molar-refractivity contribution < 1.29 is 23.1 Å². The van der Waals surface area contributed by atoms with E-state index in [0.717, 1.165) is 30.6 Å². The first-order valence-corrected chi connectivity index (χ1v) is 10.7. The summed E-state index contributed by atoms with van der Waals surface area (Å²) in [7, 11) is -3.48. The maximum Gasteiger partial charge on any atom is 0.326 e. The molecule has 1 amide bonds. The van der Waals surface area contributed by atoms with Gasteiger partial charge in [-0.2, -0.15) is 4.31 Å². The second-order valence-electron chi connectivity index (χ2n) is 6.11. The molecule has 0 aliphatic carbocycles. The van der Waals surface area contributed by atoms with Crippen LogP contribution in [0.3, 0.4) is 0 Å². The number of carboxylic acids is 1. The van der Waals surface area contributed by atoms with Crippen LogP contribution in [0.4, 0.5) is 0 Å². The summed E-state index contributed by atoms with van der Waals surface area (Å²) >= 11 is 1.07. The summed E-state index contributed by atoms with van der Waals surface area (Å²) in [6.07, 6.45) is 3.67. The molecule has 0 spiro atoms. The zero-order valence-corrected chi connectivity index (χ0v) is 15.9. The SMILES string of the molecule is CCCCC(NC(=O)Cc1ccc(S(=O)(=O)N2CCCC2)s1)C(=O)O. The number of carbonyl (C=O) groups excluding carboxylic acids is 1. The lowest BCUT2D eigenvalue weighted by atomic mass is 10.1. The van der Waals surface area contributed by atoms with Gasteiger partial charge in [0.25, 0.3) is 10.0 Å². The van der Waals surface area contributed by atoms with Gasteiger partial charge in [0.1, 0.15) is 10.3 Å². The molecule has 1 aliphatic rings. The van der Waals surface area contributed by atoms with Crippen LogP contribution in [0.25, 0.3) is 0 Å². The van der Waals surface area contributed by atoms with E-state index in [1.165, 1.54) is 10.4 Å². The Morgan fingerprint density at radius 2 is 2.00 bits per heavy atom. The first-order chi connectivity index (χ1) is 11.8. The van der Waals surface area contributed by atoms with Gasteiger partial charge in [-0.3, -0.25) is 4.79 Å². The molecule has 1 fully saturated rings. The van der Waals surface area contributed by atoms with Crippen molar-refractivity contribution in [1.29, 1.82) is 0 Å². The van der Waals surface area contributed by atoms with Gasteiger partial charge in [-0.15, -0.1) is 11.3 Å². The number of hydrogen-bond donors (Lipinski definition) is 2. The molecular formula is C16H24N2O5S2. The molecule has 1 unspecified atom stereocenters. The van der Waals surface area contributed by atoms with E-state index >= 15 is 0 Å². The predicted octanol–water partition coefficient (Wildman–Crippen LogP) is 1.83. The van der Waals surface area contributed by atoms with Crippen LogP contribution in [0.2, 0.25) is 0 Å². The van der Waals surface area contributed by atoms with Crippen LogP contribution >= 0.6 is 11.3 Å². The number of carbonyl (C=O) groups is 2. The monoisotopic (exact) mass is 388 g/mol. The number of thiophene rings is 1. The van der Waals surface area contributed by atoms with Crippen molar-refractivity contribution in [2.45, 2.75) is 55.7 Å². The highest BCUT2D eigenvalue weighted by Crippen LogP contribution is 2.27. The minimum atomic E-state index is -3.48. The minimum Gasteiger partial charge on any atom is -0.480 e. The number of nitrogens with zero attached hydrogens (tertiary/aromatic N) is 1. The molecule has 1 saturated heterocycles. The van der Waals surface area contributed by atoms with E-state index in [1.54, 1.807) is 6.07 Å². The van der Waals surface area contributed by atoms with E-state index in [9.17, 15) is 18.0 Å². The molecule has 1 aliphatic heterocycles. The summed E-state index contributed by atoms with van der Waals surface area (Å²) < 4.78 is 26.7. The Morgan fingerprint density at radius 3 is 2.60 bits per heavy atom. The molecule has 1 aromatic heterocycles. The molecule has 1 aromatic rings. The Labute approximate surface area is 152 Å². The fraction of sp³-hybridized carbons (Fsp3) is 0.625. The van der Waals surface area contributed by atoms with Crippen molar-refractivity contribution in [3.05, 3.63) is 17.0 Å². The average molecular weight is 389 g/mol. The lowest BCUT2D eigenvalue weighted by Crippen LogP contribution is -2.41. The normalized spacial score (nSPS) is 16.7. The van der Waals surface area contributed by atoms with Gasteiger partial charge < -0.3 is 10.4 Å². The standard InChI is InChI=1S/C16H24N2O5S2/c1-2-3-6-13(16(20)21)17-14(19)11-12-7-8-15(24-12)25(22,23)18-9-4-5-10-18/h7-8,13H,2-6,9-11H2,1H3,(H,17,19)(H,20,21). The van der Waals surface area contributed by atoms with Crippen LogP contribution in [0.1, 0.15) is 43.9 Å². The Kier molecular flexibility index (Phi) is 6.97. The third kappa shape index (κ3) is 5.26. The number of carboxylic acid groups (broad SMARTS) is 1. The fourth-order valence-electron chi connectivity index (χ4n) is 2.72. The summed E-state index contributed by atoms with van der Waals surface area (Å²) in [5.41, 5.74) is 0. The van der Waals surface area contributed by atoms with Gasteiger partial charge >= 0.3 is 5.97 Å². The quantitative estimate of drug-likeness (QED) is 0.672. The van der Waals surface area contributed by atoms with Crippen LogP contribution in [0, 0.1) is 0 Å². The molecule has 2 rings (SSSR count). The molecule has 9 heteroatoms. The van der Waals surface area contributed by atoms with Crippen molar-refractivity contribution >= 4 is 33.2 Å². The number of aliphatic carboxylic acids is 1. The Morgan fingerprint density at radius 1 is 1.32 bits per heavy atom. The molecule has 2 heterocycles. The predicted molar refractivity (Wildman–Crippen MR) is 95.1 cm³/mol. The molecule has 25 heavy (non-hydrogen) atoms. The van der Waals surface area contributed by atoms with Gasteiger partial charge in [-0.25, -0.2) is 13.2 Å². The van der Waals surface area contributed by atoms with Crippen LogP contribution in [0.5, 0.6) is 0 Å². The first kappa shape index (κ1) is 19.9. The van der Waals surface area contributed by atoms with E-state index in [1.807, 2.05) is 6.92 Å². The van der Waals surface area contributed by atoms with Crippen LogP contribution in [-0.4, -0.2) is 48.8 Å². The summed E-state index contributed by atoms with van der Waals surface area (Å²) in [5.74, 6) is -1.46. The van der Waals surface area contributed by atoms with E-state index in [0.29, 0.717) is 30.8 Å². The number of unbranched alkanes of at least 4 members (excludes halogenated alkanes) is 1. The molecule has 140 valence electrons. The molecule has 0 bridgehead atoms. The van der Waals surface area contributed by atoms with Gasteiger partial charge in [0.15, 0.2) is 0 Å². The molecule has 2 N–H and O–H groups in total. The highest BCUT2D eigenvalue weighted by atomic mass is 32.2. The maximum absolute atomic E-state index is 12.5. The van der Waals surface area contributed by atoms with Gasteiger partial charge in [0, 0.05) is 18.0 Å². The second-order valence-corrected chi connectivity index (χ2v) is 9.44. The highest BCUT2D eigenvalue weighted by molar-refractivity contribution is 7.91. The Balaban J connectivity index is 1.98. The zero-order chi connectivity index (χ0) is 18.4. The number of hydrogen-bond acceptors (Lipinski definition) is 5. The zero-order valence-electron chi connectivity index (χ0n) is 14.2. The van der Waals surface area contributed by atoms with Crippen molar-refractivity contribution in [3.63, 3.8) is 0 Å². The molecule has 0 aromatic carbocycles. The van der Waals surface area contributed by atoms with Gasteiger partial charge in [0.2, 0.25) is 5.91 Å². The number of sulfonamides is 1. The van der Waals surface area contributed by atoms with E-state index < -0.39 is 27.9 Å². The fourth-order valence-corrected chi connectivity index (χ4v) is 5.74. The molecule has 7 nitrogen and oxygen atoms in total. The number of rotatable bonds is 9. The maximum atomic E-state index is 12.5. The lowest BCUT2D eigenvalue weighted by molar-refractivity contribution is -0.141. The van der Waals surface area contributed by atoms with Gasteiger partial charge in [-0.05, 0) is 31.4 Å². The highest BCUT2D eigenvalue weighted by Gasteiger charge is 2.28. The van der Waals surface area contributed by atoms with Crippen molar-refractivity contribution in [2.75, 3.05) is 13.1 Å². The third-order valence-corrected chi connectivity index (χ3v) is 7.56. The first-order valence-electron chi connectivity index (χ1n) is 8.45. The Bertz CT molecular complexity index is 708. The summed E-state index contributed by atoms with van der Waals surface area (Å²) in [6, 6.07) is 2.24.